The van der Waals surface area contributed by atoms with Crippen LogP contribution in [-0.2, 0) is 9.47 Å². The SMILES string of the molecule is COC(=O)c1[nH]cc(-c2cn(C3OC(CO)C(O)C(O)C3O)c3c2=CC(Cl)C(Cl)C=3)c1-c1c[nH]c2ccc(Cl)cc12. The van der Waals surface area contributed by atoms with Crippen LogP contribution < -0.4 is 10.6 Å². The predicted octanol–water partition coefficient (Wildman–Crippen LogP) is 1.83. The molecule has 13 heteroatoms. The van der Waals surface area contributed by atoms with E-state index in [0.29, 0.717) is 37.8 Å². The average molecular weight is 623 g/mol. The summed E-state index contributed by atoms with van der Waals surface area (Å²) in [5.74, 6) is -0.587. The number of carbonyl (C=O) groups is 1. The molecular formula is C28H26Cl3N3O7. The molecular weight excluding hydrogens is 597 g/mol. The van der Waals surface area contributed by atoms with Crippen molar-refractivity contribution in [2.45, 2.75) is 41.4 Å². The third-order valence-corrected chi connectivity index (χ3v) is 8.83. The van der Waals surface area contributed by atoms with Crippen molar-refractivity contribution in [2.24, 2.45) is 0 Å². The van der Waals surface area contributed by atoms with Gasteiger partial charge in [-0.15, -0.1) is 23.2 Å². The summed E-state index contributed by atoms with van der Waals surface area (Å²) in [4.78, 5) is 19.2. The van der Waals surface area contributed by atoms with Crippen molar-refractivity contribution >= 4 is 63.8 Å². The standard InChI is InChI=1S/C28H26Cl3N3O7/c1-40-28(39)23-22(14-7-32-19-3-2-11(29)4-12(14)19)15(8-33-23)16-9-34(20-6-18(31)17(30)5-13(16)20)27-26(38)25(37)24(36)21(10-35)41-27/h2-9,17-18,21,24-27,32-33,35-38H,10H2,1H3. The van der Waals surface area contributed by atoms with Gasteiger partial charge in [-0.2, -0.15) is 0 Å². The second kappa shape index (κ2) is 10.8. The van der Waals surface area contributed by atoms with Gasteiger partial charge < -0.3 is 44.4 Å². The number of aliphatic hydroxyl groups excluding tert-OH is 4. The maximum atomic E-state index is 12.9. The second-order valence-electron chi connectivity index (χ2n) is 10.0. The molecule has 1 aliphatic carbocycles. The lowest BCUT2D eigenvalue weighted by molar-refractivity contribution is -0.251. The molecule has 4 heterocycles. The molecule has 6 N–H and O–H groups in total. The number of aliphatic hydroxyl groups is 4. The van der Waals surface area contributed by atoms with Crippen LogP contribution in [0, 0.1) is 0 Å². The summed E-state index contributed by atoms with van der Waals surface area (Å²) in [6.07, 6.45) is 1.65. The number of halogens is 3. The van der Waals surface area contributed by atoms with Crippen LogP contribution in [0.1, 0.15) is 16.7 Å². The molecule has 41 heavy (non-hydrogen) atoms. The third-order valence-electron chi connectivity index (χ3n) is 7.67. The number of hydrogen-bond donors (Lipinski definition) is 6. The minimum absolute atomic E-state index is 0.204. The highest BCUT2D eigenvalue weighted by Crippen LogP contribution is 2.40. The van der Waals surface area contributed by atoms with E-state index >= 15 is 0 Å². The van der Waals surface area contributed by atoms with Gasteiger partial charge in [0.25, 0.3) is 0 Å². The molecule has 7 unspecified atom stereocenters. The normalized spacial score (nSPS) is 27.8. The van der Waals surface area contributed by atoms with Gasteiger partial charge in [-0.05, 0) is 24.3 Å². The summed E-state index contributed by atoms with van der Waals surface area (Å²) in [6, 6.07) is 5.39. The molecule has 6 rings (SSSR count). The largest absolute Gasteiger partial charge is 0.464 e. The average Bonchev–Trinajstić information content (AvgIpc) is 3.67. The van der Waals surface area contributed by atoms with Crippen LogP contribution in [0.25, 0.3) is 45.3 Å². The molecule has 10 nitrogen and oxygen atoms in total. The lowest BCUT2D eigenvalue weighted by Crippen LogP contribution is -2.58. The van der Waals surface area contributed by atoms with Crippen LogP contribution >= 0.6 is 34.8 Å². The number of ether oxygens (including phenoxy) is 2. The van der Waals surface area contributed by atoms with E-state index in [1.54, 1.807) is 47.4 Å². The van der Waals surface area contributed by atoms with Crippen molar-refractivity contribution in [3.05, 3.63) is 58.1 Å². The van der Waals surface area contributed by atoms with E-state index < -0.39 is 54.0 Å². The number of methoxy groups -OCH3 is 1. The molecule has 4 aromatic rings. The van der Waals surface area contributed by atoms with Gasteiger partial charge in [-0.3, -0.25) is 0 Å². The number of hydrogen-bond acceptors (Lipinski definition) is 7. The molecule has 3 aromatic heterocycles. The van der Waals surface area contributed by atoms with Gasteiger partial charge in [0.15, 0.2) is 6.23 Å². The minimum atomic E-state index is -1.59. The Labute approximate surface area is 248 Å². The maximum absolute atomic E-state index is 12.9. The Morgan fingerprint density at radius 3 is 2.49 bits per heavy atom. The first kappa shape index (κ1) is 28.3. The molecule has 0 spiro atoms. The fourth-order valence-corrected chi connectivity index (χ4v) is 6.18. The number of nitrogens with one attached hydrogen (secondary N) is 2. The quantitative estimate of drug-likeness (QED) is 0.147. The predicted molar refractivity (Wildman–Crippen MR) is 154 cm³/mol. The fraction of sp³-hybridized carbons (Fsp3) is 0.321. The van der Waals surface area contributed by atoms with Crippen molar-refractivity contribution in [1.29, 1.82) is 0 Å². The summed E-state index contributed by atoms with van der Waals surface area (Å²) in [6.45, 7) is -0.580. The van der Waals surface area contributed by atoms with Crippen LogP contribution in [0.5, 0.6) is 0 Å². The maximum Gasteiger partial charge on any atom is 0.355 e. The Morgan fingerprint density at radius 2 is 1.76 bits per heavy atom. The second-order valence-corrected chi connectivity index (χ2v) is 11.5. The number of fused-ring (bicyclic) bond motifs is 2. The molecule has 7 atom stereocenters. The topological polar surface area (TPSA) is 153 Å². The third kappa shape index (κ3) is 4.59. The van der Waals surface area contributed by atoms with Gasteiger partial charge >= 0.3 is 5.97 Å². The molecule has 0 radical (unpaired) electrons. The summed E-state index contributed by atoms with van der Waals surface area (Å²) in [5, 5.41) is 42.8. The van der Waals surface area contributed by atoms with Crippen LogP contribution in [0.2, 0.25) is 5.02 Å². The van der Waals surface area contributed by atoms with E-state index in [1.807, 2.05) is 6.07 Å². The molecule has 0 bridgehead atoms. The monoisotopic (exact) mass is 621 g/mol. The molecule has 1 aliphatic heterocycles. The Morgan fingerprint density at radius 1 is 1.02 bits per heavy atom. The van der Waals surface area contributed by atoms with Gasteiger partial charge in [-0.1, -0.05) is 17.7 Å². The number of H-pyrrole nitrogens is 2. The minimum Gasteiger partial charge on any atom is -0.464 e. The first-order chi connectivity index (χ1) is 19.6. The molecule has 216 valence electrons. The first-order valence-corrected chi connectivity index (χ1v) is 14.0. The van der Waals surface area contributed by atoms with E-state index in [1.165, 1.54) is 7.11 Å². The lowest BCUT2D eigenvalue weighted by atomic mass is 9.96. The molecule has 1 saturated heterocycles. The highest BCUT2D eigenvalue weighted by Gasteiger charge is 2.44. The summed E-state index contributed by atoms with van der Waals surface area (Å²) in [7, 11) is 1.29. The number of aromatic nitrogens is 3. The fourth-order valence-electron chi connectivity index (χ4n) is 5.62. The van der Waals surface area contributed by atoms with Crippen LogP contribution in [0.4, 0.5) is 0 Å². The molecule has 1 aromatic carbocycles. The van der Waals surface area contributed by atoms with E-state index in [0.717, 1.165) is 10.9 Å². The van der Waals surface area contributed by atoms with Gasteiger partial charge in [0.1, 0.15) is 30.1 Å². The highest BCUT2D eigenvalue weighted by molar-refractivity contribution is 6.35. The smallest absolute Gasteiger partial charge is 0.355 e. The zero-order valence-electron chi connectivity index (χ0n) is 21.5. The van der Waals surface area contributed by atoms with Gasteiger partial charge in [0.05, 0.1) is 24.5 Å². The van der Waals surface area contributed by atoms with Gasteiger partial charge in [0, 0.05) is 67.3 Å². The number of nitrogens with zero attached hydrogens (tertiary/aromatic N) is 1. The zero-order chi connectivity index (χ0) is 29.2. The number of rotatable bonds is 5. The van der Waals surface area contributed by atoms with E-state index in [4.69, 9.17) is 44.3 Å². The number of carbonyl (C=O) groups excluding carboxylic acids is 1. The molecule has 0 amide bonds. The summed E-state index contributed by atoms with van der Waals surface area (Å²) < 4.78 is 12.5. The molecule has 0 saturated carbocycles. The summed E-state index contributed by atoms with van der Waals surface area (Å²) >= 11 is 19.4. The van der Waals surface area contributed by atoms with Gasteiger partial charge in [-0.25, -0.2) is 4.79 Å². The van der Waals surface area contributed by atoms with Crippen LogP contribution in [-0.4, -0.2) is 89.8 Å². The van der Waals surface area contributed by atoms with E-state index in [9.17, 15) is 25.2 Å². The van der Waals surface area contributed by atoms with Crippen molar-refractivity contribution in [2.75, 3.05) is 13.7 Å². The number of aromatic amines is 2. The van der Waals surface area contributed by atoms with Crippen molar-refractivity contribution in [3.8, 4) is 22.3 Å². The number of esters is 1. The van der Waals surface area contributed by atoms with Crippen molar-refractivity contribution in [3.63, 3.8) is 0 Å². The van der Waals surface area contributed by atoms with Gasteiger partial charge in [0.2, 0.25) is 0 Å². The number of benzene rings is 1. The molecule has 1 fully saturated rings. The van der Waals surface area contributed by atoms with Crippen molar-refractivity contribution in [1.82, 2.24) is 14.5 Å². The van der Waals surface area contributed by atoms with Crippen LogP contribution in [0.15, 0.2) is 36.8 Å². The summed E-state index contributed by atoms with van der Waals surface area (Å²) in [5.41, 5.74) is 3.44. The highest BCUT2D eigenvalue weighted by atomic mass is 35.5. The lowest BCUT2D eigenvalue weighted by Gasteiger charge is -2.40. The van der Waals surface area contributed by atoms with E-state index in [-0.39, 0.29) is 5.69 Å². The number of alkyl halides is 2. The molecule has 2 aliphatic rings. The van der Waals surface area contributed by atoms with Crippen LogP contribution in [0.3, 0.4) is 0 Å². The zero-order valence-corrected chi connectivity index (χ0v) is 23.7. The Balaban J connectivity index is 1.62. The van der Waals surface area contributed by atoms with E-state index in [2.05, 4.69) is 9.97 Å². The first-order valence-electron chi connectivity index (χ1n) is 12.7. The Bertz CT molecular complexity index is 1760. The Hall–Kier alpha value is -2.80. The van der Waals surface area contributed by atoms with Crippen molar-refractivity contribution < 1.29 is 34.7 Å². The Kier molecular flexibility index (Phi) is 7.46.